The maximum absolute atomic E-state index is 13.8. The van der Waals surface area contributed by atoms with Gasteiger partial charge < -0.3 is 9.46 Å². The third-order valence-electron chi connectivity index (χ3n) is 3.46. The largest absolute Gasteiger partial charge is 0.490 e. The molecule has 1 aromatic carbocycles. The maximum Gasteiger partial charge on any atom is 0.248 e. The molecule has 0 radical (unpaired) electrons. The van der Waals surface area contributed by atoms with Crippen molar-refractivity contribution in [3.05, 3.63) is 24.0 Å². The number of hydrogen-bond donors (Lipinski definition) is 1. The predicted octanol–water partition coefficient (Wildman–Crippen LogP) is 4.72. The molecule has 1 aliphatic carbocycles. The number of rotatable bonds is 5. The van der Waals surface area contributed by atoms with E-state index in [0.29, 0.717) is 25.1 Å². The van der Waals surface area contributed by atoms with Gasteiger partial charge in [0.25, 0.3) is 0 Å². The highest BCUT2D eigenvalue weighted by Gasteiger charge is 2.35. The fourth-order valence-electron chi connectivity index (χ4n) is 2.27. The fourth-order valence-corrected chi connectivity index (χ4v) is 2.64. The number of nitrogens with one attached hydrogen (secondary N) is 1. The summed E-state index contributed by atoms with van der Waals surface area (Å²) < 4.78 is 48.1. The van der Waals surface area contributed by atoms with Crippen LogP contribution >= 0.6 is 11.9 Å². The average molecular weight is 305 g/mol. The number of hydrogen-bond acceptors (Lipinski definition) is 3. The van der Waals surface area contributed by atoms with Crippen molar-refractivity contribution in [3.8, 4) is 5.75 Å². The minimum absolute atomic E-state index is 0.0815. The molecule has 1 fully saturated rings. The lowest BCUT2D eigenvalue weighted by Crippen LogP contribution is -2.27. The number of anilines is 1. The summed E-state index contributed by atoms with van der Waals surface area (Å²) in [5.74, 6) is -2.72. The Hall–Kier alpha value is -1.04. The molecule has 1 N–H and O–H groups in total. The summed E-state index contributed by atoms with van der Waals surface area (Å²) >= 11 is 1.38. The van der Waals surface area contributed by atoms with Gasteiger partial charge in [-0.1, -0.05) is 11.9 Å². The molecular weight excluding hydrogens is 287 g/mol. The highest BCUT2D eigenvalue weighted by molar-refractivity contribution is 7.99. The monoisotopic (exact) mass is 305 g/mol. The second kappa shape index (κ2) is 6.61. The van der Waals surface area contributed by atoms with Gasteiger partial charge in [-0.3, -0.25) is 0 Å². The number of halogens is 3. The Kier molecular flexibility index (Phi) is 5.07. The lowest BCUT2D eigenvalue weighted by atomic mass is 9.87. The van der Waals surface area contributed by atoms with Crippen LogP contribution in [0.15, 0.2) is 18.2 Å². The first-order chi connectivity index (χ1) is 9.50. The maximum atomic E-state index is 13.8. The molecule has 6 heteroatoms. The molecule has 1 aliphatic rings. The third kappa shape index (κ3) is 4.23. The van der Waals surface area contributed by atoms with Crippen LogP contribution in [0.4, 0.5) is 18.9 Å². The number of benzene rings is 1. The Morgan fingerprint density at radius 1 is 1.35 bits per heavy atom. The van der Waals surface area contributed by atoms with E-state index in [0.717, 1.165) is 0 Å². The Morgan fingerprint density at radius 3 is 2.65 bits per heavy atom. The molecule has 0 heterocycles. The smallest absolute Gasteiger partial charge is 0.248 e. The predicted molar refractivity (Wildman–Crippen MR) is 75.9 cm³/mol. The van der Waals surface area contributed by atoms with Gasteiger partial charge >= 0.3 is 0 Å². The van der Waals surface area contributed by atoms with Crippen LogP contribution in [0.2, 0.25) is 0 Å². The summed E-state index contributed by atoms with van der Waals surface area (Å²) in [5.41, 5.74) is 0.666. The highest BCUT2D eigenvalue weighted by Crippen LogP contribution is 2.36. The van der Waals surface area contributed by atoms with Crippen molar-refractivity contribution < 1.29 is 17.9 Å². The lowest BCUT2D eigenvalue weighted by Gasteiger charge is -2.28. The van der Waals surface area contributed by atoms with Crippen molar-refractivity contribution in [2.75, 3.05) is 17.6 Å². The molecule has 0 aromatic heterocycles. The normalized spacial score (nSPS) is 18.8. The van der Waals surface area contributed by atoms with Crippen molar-refractivity contribution in [1.82, 2.24) is 0 Å². The molecule has 1 saturated carbocycles. The van der Waals surface area contributed by atoms with Crippen LogP contribution in [0.3, 0.4) is 0 Å². The topological polar surface area (TPSA) is 21.3 Å². The lowest BCUT2D eigenvalue weighted by molar-refractivity contribution is -0.0499. The zero-order chi connectivity index (χ0) is 14.6. The van der Waals surface area contributed by atoms with E-state index in [1.807, 2.05) is 6.26 Å². The standard InChI is InChI=1S/C14H18F3NOS/c1-20-18-11-2-3-13(12(15)8-11)19-9-10-4-6-14(16,17)7-5-10/h2-3,8,10,18H,4-7,9H2,1H3. The Labute approximate surface area is 121 Å². The van der Waals surface area contributed by atoms with E-state index >= 15 is 0 Å². The molecule has 1 aromatic rings. The molecule has 2 nitrogen and oxygen atoms in total. The van der Waals surface area contributed by atoms with Crippen LogP contribution < -0.4 is 9.46 Å². The van der Waals surface area contributed by atoms with Crippen LogP contribution in [-0.2, 0) is 0 Å². The van der Waals surface area contributed by atoms with E-state index in [-0.39, 0.29) is 24.5 Å². The van der Waals surface area contributed by atoms with Crippen molar-refractivity contribution >= 4 is 17.6 Å². The van der Waals surface area contributed by atoms with Gasteiger partial charge in [0, 0.05) is 30.9 Å². The minimum Gasteiger partial charge on any atom is -0.490 e. The molecule has 0 saturated heterocycles. The van der Waals surface area contributed by atoms with Crippen molar-refractivity contribution in [1.29, 1.82) is 0 Å². The second-order valence-electron chi connectivity index (χ2n) is 5.06. The Bertz CT molecular complexity index is 446. The van der Waals surface area contributed by atoms with E-state index in [4.69, 9.17) is 4.74 Å². The van der Waals surface area contributed by atoms with Crippen LogP contribution in [0, 0.1) is 11.7 Å². The van der Waals surface area contributed by atoms with Gasteiger partial charge in [0.05, 0.1) is 6.61 Å². The van der Waals surface area contributed by atoms with Crippen LogP contribution in [0.1, 0.15) is 25.7 Å². The van der Waals surface area contributed by atoms with Gasteiger partial charge in [-0.25, -0.2) is 13.2 Å². The van der Waals surface area contributed by atoms with Gasteiger partial charge in [-0.2, -0.15) is 0 Å². The first-order valence-corrected chi connectivity index (χ1v) is 7.82. The number of ether oxygens (including phenoxy) is 1. The highest BCUT2D eigenvalue weighted by atomic mass is 32.2. The molecule has 112 valence electrons. The summed E-state index contributed by atoms with van der Waals surface area (Å²) in [4.78, 5) is 0. The van der Waals surface area contributed by atoms with Crippen LogP contribution in [0.25, 0.3) is 0 Å². The van der Waals surface area contributed by atoms with E-state index in [1.54, 1.807) is 12.1 Å². The van der Waals surface area contributed by atoms with Crippen molar-refractivity contribution in [2.45, 2.75) is 31.6 Å². The molecule has 0 atom stereocenters. The molecule has 0 spiro atoms. The summed E-state index contributed by atoms with van der Waals surface area (Å²) in [5, 5.41) is 0. The van der Waals surface area contributed by atoms with Crippen LogP contribution in [0.5, 0.6) is 5.75 Å². The van der Waals surface area contributed by atoms with E-state index in [1.165, 1.54) is 18.0 Å². The van der Waals surface area contributed by atoms with Gasteiger partial charge in [-0.15, -0.1) is 0 Å². The van der Waals surface area contributed by atoms with Crippen molar-refractivity contribution in [2.24, 2.45) is 5.92 Å². The minimum atomic E-state index is -2.53. The molecule has 0 unspecified atom stereocenters. The van der Waals surface area contributed by atoms with Gasteiger partial charge in [0.2, 0.25) is 5.92 Å². The van der Waals surface area contributed by atoms with Gasteiger partial charge in [0.15, 0.2) is 11.6 Å². The third-order valence-corrected chi connectivity index (χ3v) is 3.90. The molecule has 20 heavy (non-hydrogen) atoms. The van der Waals surface area contributed by atoms with Crippen molar-refractivity contribution in [3.63, 3.8) is 0 Å². The summed E-state index contributed by atoms with van der Waals surface area (Å²) in [6, 6.07) is 4.65. The molecule has 0 bridgehead atoms. The van der Waals surface area contributed by atoms with Crippen LogP contribution in [-0.4, -0.2) is 18.8 Å². The first-order valence-electron chi connectivity index (χ1n) is 6.59. The second-order valence-corrected chi connectivity index (χ2v) is 5.67. The molecule has 2 rings (SSSR count). The summed E-state index contributed by atoms with van der Waals surface area (Å²) in [7, 11) is 0. The van der Waals surface area contributed by atoms with Gasteiger partial charge in [0.1, 0.15) is 0 Å². The van der Waals surface area contributed by atoms with E-state index in [2.05, 4.69) is 4.72 Å². The Balaban J connectivity index is 1.85. The van der Waals surface area contributed by atoms with E-state index < -0.39 is 11.7 Å². The Morgan fingerprint density at radius 2 is 2.05 bits per heavy atom. The summed E-state index contributed by atoms with van der Waals surface area (Å²) in [6.07, 6.45) is 2.52. The zero-order valence-electron chi connectivity index (χ0n) is 11.3. The fraction of sp³-hybridized carbons (Fsp3) is 0.571. The summed E-state index contributed by atoms with van der Waals surface area (Å²) in [6.45, 7) is 0.294. The van der Waals surface area contributed by atoms with Gasteiger partial charge in [-0.05, 0) is 30.9 Å². The SMILES string of the molecule is CSNc1ccc(OCC2CCC(F)(F)CC2)c(F)c1. The molecule has 0 aliphatic heterocycles. The van der Waals surface area contributed by atoms with E-state index in [9.17, 15) is 13.2 Å². The molecular formula is C14H18F3NOS. The zero-order valence-corrected chi connectivity index (χ0v) is 12.1. The molecule has 0 amide bonds. The average Bonchev–Trinajstić information content (AvgIpc) is 2.40. The quantitative estimate of drug-likeness (QED) is 0.795. The number of alkyl halides is 2. The first kappa shape index (κ1) is 15.4.